The maximum absolute atomic E-state index is 12.2. The number of benzene rings is 1. The van der Waals surface area contributed by atoms with E-state index in [1.54, 1.807) is 12.1 Å². The van der Waals surface area contributed by atoms with Crippen LogP contribution < -0.4 is 0 Å². The van der Waals surface area contributed by atoms with E-state index in [0.717, 1.165) is 31.5 Å². The third-order valence-corrected chi connectivity index (χ3v) is 3.34. The van der Waals surface area contributed by atoms with Gasteiger partial charge in [0.2, 0.25) is 0 Å². The standard InChI is InChI=1S/C12H15BClNO/c13-15-6-2-4-10(8-15)12(16)9-3-1-5-11(14)7-9/h1,3,5,7,10H,2,4,6,8,13H2/t10-/m1/s1. The average Bonchev–Trinajstić information content (AvgIpc) is 2.28. The highest BCUT2D eigenvalue weighted by molar-refractivity contribution is 6.31. The van der Waals surface area contributed by atoms with Gasteiger partial charge < -0.3 is 4.81 Å². The molecule has 1 aromatic carbocycles. The second-order valence-electron chi connectivity index (χ2n) is 4.48. The molecule has 84 valence electrons. The molecule has 0 unspecified atom stereocenters. The lowest BCUT2D eigenvalue weighted by atomic mass is 9.89. The summed E-state index contributed by atoms with van der Waals surface area (Å²) in [7, 11) is 2.07. The first-order valence-electron chi connectivity index (χ1n) is 5.65. The van der Waals surface area contributed by atoms with Crippen molar-refractivity contribution in [3.63, 3.8) is 0 Å². The van der Waals surface area contributed by atoms with Crippen LogP contribution in [0.2, 0.25) is 5.02 Å². The lowest BCUT2D eigenvalue weighted by Gasteiger charge is -2.29. The van der Waals surface area contributed by atoms with E-state index in [1.807, 2.05) is 12.1 Å². The molecule has 0 N–H and O–H groups in total. The molecule has 1 aliphatic rings. The summed E-state index contributed by atoms with van der Waals surface area (Å²) in [5.74, 6) is 0.367. The van der Waals surface area contributed by atoms with Gasteiger partial charge in [-0.1, -0.05) is 23.7 Å². The Morgan fingerprint density at radius 2 is 2.31 bits per heavy atom. The number of carbonyl (C=O) groups is 1. The van der Waals surface area contributed by atoms with Crippen molar-refractivity contribution in [2.24, 2.45) is 5.92 Å². The van der Waals surface area contributed by atoms with Gasteiger partial charge in [0.15, 0.2) is 13.8 Å². The Morgan fingerprint density at radius 3 is 3.00 bits per heavy atom. The number of piperidine rings is 1. The third kappa shape index (κ3) is 2.66. The summed E-state index contributed by atoms with van der Waals surface area (Å²) in [4.78, 5) is 14.4. The van der Waals surface area contributed by atoms with Gasteiger partial charge in [0.1, 0.15) is 0 Å². The second kappa shape index (κ2) is 5.02. The summed E-state index contributed by atoms with van der Waals surface area (Å²) in [6.07, 6.45) is 2.10. The number of hydrogen-bond acceptors (Lipinski definition) is 2. The molecule has 1 aromatic rings. The largest absolute Gasteiger partial charge is 0.348 e. The van der Waals surface area contributed by atoms with Gasteiger partial charge in [0.25, 0.3) is 0 Å². The number of hydrogen-bond donors (Lipinski definition) is 0. The van der Waals surface area contributed by atoms with Crippen LogP contribution in [0, 0.1) is 5.92 Å². The average molecular weight is 236 g/mol. The highest BCUT2D eigenvalue weighted by Gasteiger charge is 2.24. The van der Waals surface area contributed by atoms with Crippen LogP contribution in [-0.4, -0.2) is 31.7 Å². The number of ketones is 1. The molecule has 1 fully saturated rings. The van der Waals surface area contributed by atoms with Crippen LogP contribution in [0.4, 0.5) is 0 Å². The van der Waals surface area contributed by atoms with Crippen molar-refractivity contribution < 1.29 is 4.79 Å². The highest BCUT2D eigenvalue weighted by Crippen LogP contribution is 2.21. The summed E-state index contributed by atoms with van der Waals surface area (Å²) in [5.41, 5.74) is 0.743. The van der Waals surface area contributed by atoms with E-state index in [-0.39, 0.29) is 11.7 Å². The fourth-order valence-electron chi connectivity index (χ4n) is 2.26. The summed E-state index contributed by atoms with van der Waals surface area (Å²) in [5, 5.41) is 0.634. The minimum absolute atomic E-state index is 0.136. The number of Topliss-reactive ketones (excluding diaryl/α,β-unsaturated/α-hetero) is 1. The van der Waals surface area contributed by atoms with Gasteiger partial charge in [-0.15, -0.1) is 0 Å². The monoisotopic (exact) mass is 235 g/mol. The summed E-state index contributed by atoms with van der Waals surface area (Å²) in [6, 6.07) is 7.24. The molecule has 0 saturated carbocycles. The molecule has 0 radical (unpaired) electrons. The minimum atomic E-state index is 0.136. The van der Waals surface area contributed by atoms with E-state index in [9.17, 15) is 4.79 Å². The zero-order valence-corrected chi connectivity index (χ0v) is 10.2. The van der Waals surface area contributed by atoms with Gasteiger partial charge in [-0.25, -0.2) is 0 Å². The van der Waals surface area contributed by atoms with Crippen molar-refractivity contribution >= 4 is 25.4 Å². The van der Waals surface area contributed by atoms with Gasteiger partial charge >= 0.3 is 0 Å². The fourth-order valence-corrected chi connectivity index (χ4v) is 2.45. The topological polar surface area (TPSA) is 20.3 Å². The molecule has 4 heteroatoms. The molecular formula is C12H15BClNO. The molecule has 0 aliphatic carbocycles. The molecule has 0 bridgehead atoms. The number of nitrogens with zero attached hydrogens (tertiary/aromatic N) is 1. The Kier molecular flexibility index (Phi) is 3.67. The summed E-state index contributed by atoms with van der Waals surface area (Å²) >= 11 is 5.89. The Labute approximate surface area is 102 Å². The molecule has 2 nitrogen and oxygen atoms in total. The van der Waals surface area contributed by atoms with Crippen LogP contribution in [0.15, 0.2) is 24.3 Å². The molecular weight excluding hydrogens is 220 g/mol. The van der Waals surface area contributed by atoms with Crippen molar-refractivity contribution in [2.45, 2.75) is 12.8 Å². The predicted octanol–water partition coefficient (Wildman–Crippen LogP) is 1.78. The normalized spacial score (nSPS) is 21.9. The summed E-state index contributed by atoms with van der Waals surface area (Å²) in [6.45, 7) is 1.96. The number of carbonyl (C=O) groups excluding carboxylic acids is 1. The van der Waals surface area contributed by atoms with Crippen molar-refractivity contribution in [2.75, 3.05) is 13.1 Å². The first kappa shape index (κ1) is 11.7. The molecule has 1 saturated heterocycles. The van der Waals surface area contributed by atoms with Crippen molar-refractivity contribution in [3.8, 4) is 0 Å². The molecule has 0 spiro atoms. The first-order valence-corrected chi connectivity index (χ1v) is 6.03. The molecule has 1 aliphatic heterocycles. The van der Waals surface area contributed by atoms with Gasteiger partial charge in [-0.05, 0) is 38.1 Å². The van der Waals surface area contributed by atoms with Crippen LogP contribution in [0.3, 0.4) is 0 Å². The molecule has 0 amide bonds. The predicted molar refractivity (Wildman–Crippen MR) is 68.6 cm³/mol. The molecule has 1 atom stereocenters. The lowest BCUT2D eigenvalue weighted by Crippen LogP contribution is -2.37. The van der Waals surface area contributed by atoms with Crippen LogP contribution in [0.5, 0.6) is 0 Å². The van der Waals surface area contributed by atoms with Crippen molar-refractivity contribution in [3.05, 3.63) is 34.9 Å². The van der Waals surface area contributed by atoms with Crippen LogP contribution in [-0.2, 0) is 0 Å². The fraction of sp³-hybridized carbons (Fsp3) is 0.417. The lowest BCUT2D eigenvalue weighted by molar-refractivity contribution is 0.0872. The number of rotatable bonds is 2. The van der Waals surface area contributed by atoms with Gasteiger partial charge in [-0.2, -0.15) is 0 Å². The maximum Gasteiger partial charge on any atom is 0.185 e. The summed E-state index contributed by atoms with van der Waals surface area (Å²) < 4.78 is 0. The van der Waals surface area contributed by atoms with Crippen molar-refractivity contribution in [1.29, 1.82) is 0 Å². The van der Waals surface area contributed by atoms with E-state index >= 15 is 0 Å². The zero-order chi connectivity index (χ0) is 11.5. The Balaban J connectivity index is 2.12. The number of halogens is 1. The van der Waals surface area contributed by atoms with E-state index in [2.05, 4.69) is 12.8 Å². The van der Waals surface area contributed by atoms with Gasteiger partial charge in [-0.3, -0.25) is 4.79 Å². The molecule has 2 rings (SSSR count). The van der Waals surface area contributed by atoms with Gasteiger partial charge in [0.05, 0.1) is 0 Å². The Hall–Kier alpha value is -0.795. The van der Waals surface area contributed by atoms with E-state index in [1.165, 1.54) is 0 Å². The molecule has 1 heterocycles. The minimum Gasteiger partial charge on any atom is -0.348 e. The van der Waals surface area contributed by atoms with Crippen LogP contribution >= 0.6 is 11.6 Å². The quantitative estimate of drug-likeness (QED) is 0.575. The van der Waals surface area contributed by atoms with Crippen LogP contribution in [0.25, 0.3) is 0 Å². The Bertz CT molecular complexity index is 396. The SMILES string of the molecule is BN1CCC[C@@H](C(=O)c2cccc(Cl)c2)C1. The first-order chi connectivity index (χ1) is 7.66. The third-order valence-electron chi connectivity index (χ3n) is 3.10. The maximum atomic E-state index is 12.2. The van der Waals surface area contributed by atoms with E-state index in [0.29, 0.717) is 5.02 Å². The highest BCUT2D eigenvalue weighted by atomic mass is 35.5. The smallest absolute Gasteiger partial charge is 0.185 e. The van der Waals surface area contributed by atoms with E-state index in [4.69, 9.17) is 11.6 Å². The zero-order valence-electron chi connectivity index (χ0n) is 9.45. The second-order valence-corrected chi connectivity index (χ2v) is 4.91. The van der Waals surface area contributed by atoms with Gasteiger partial charge in [0, 0.05) is 16.5 Å². The Morgan fingerprint density at radius 1 is 1.50 bits per heavy atom. The molecule has 0 aromatic heterocycles. The van der Waals surface area contributed by atoms with Crippen LogP contribution in [0.1, 0.15) is 23.2 Å². The van der Waals surface area contributed by atoms with E-state index < -0.39 is 0 Å². The molecule has 16 heavy (non-hydrogen) atoms. The van der Waals surface area contributed by atoms with Crippen molar-refractivity contribution in [1.82, 2.24) is 4.81 Å².